The molecule has 12 heteroatoms. The minimum Gasteiger partial charge on any atom is -0.478 e. The number of nitrogens with one attached hydrogen (secondary N) is 1. The van der Waals surface area contributed by atoms with Crippen molar-refractivity contribution >= 4 is 34.7 Å². The molecule has 33 heavy (non-hydrogen) atoms. The second kappa shape index (κ2) is 8.39. The van der Waals surface area contributed by atoms with Gasteiger partial charge < -0.3 is 15.2 Å². The lowest BCUT2D eigenvalue weighted by Crippen LogP contribution is -2.52. The predicted molar refractivity (Wildman–Crippen MR) is 115 cm³/mol. The molecule has 0 radical (unpaired) electrons. The standard InChI is InChI=1S/C21H18ClF3N4O3S/c22-13-5-10(23)1-2-12(13)17-16(20(30)31)14(27-18(28-17)19-26-3-4-33-19)7-29-11-6-21(24,25)15(29)9-32-8-11/h1-5,11,15,17H,6-9H2,(H,27,28)(H,30,31)/t11?,15?,17-/m0/s1. The van der Waals surface area contributed by atoms with E-state index in [1.807, 2.05) is 0 Å². The maximum Gasteiger partial charge on any atom is 0.335 e. The lowest BCUT2D eigenvalue weighted by Gasteiger charge is -2.37. The number of hydrogen-bond acceptors (Lipinski definition) is 7. The van der Waals surface area contributed by atoms with Gasteiger partial charge in [-0.3, -0.25) is 9.89 Å². The molecule has 5 rings (SSSR count). The first-order valence-electron chi connectivity index (χ1n) is 10.1. The van der Waals surface area contributed by atoms with Gasteiger partial charge in [0.1, 0.15) is 11.9 Å². The Morgan fingerprint density at radius 2 is 2.21 bits per heavy atom. The normalized spacial score (nSPS) is 26.8. The zero-order chi connectivity index (χ0) is 23.3. The summed E-state index contributed by atoms with van der Waals surface area (Å²) in [7, 11) is 0. The Hall–Kier alpha value is -2.47. The van der Waals surface area contributed by atoms with Gasteiger partial charge >= 0.3 is 5.97 Å². The number of fused-ring (bicyclic) bond motifs is 2. The van der Waals surface area contributed by atoms with E-state index < -0.39 is 35.8 Å². The van der Waals surface area contributed by atoms with E-state index in [4.69, 9.17) is 16.3 Å². The number of rotatable bonds is 5. The van der Waals surface area contributed by atoms with Gasteiger partial charge in [-0.1, -0.05) is 17.7 Å². The molecule has 0 saturated carbocycles. The molecule has 2 saturated heterocycles. The van der Waals surface area contributed by atoms with Crippen molar-refractivity contribution in [1.29, 1.82) is 0 Å². The fraction of sp³-hybridized carbons (Fsp3) is 0.381. The number of aliphatic carboxylic acids is 1. The zero-order valence-electron chi connectivity index (χ0n) is 17.0. The third-order valence-corrected chi connectivity index (χ3v) is 7.15. The van der Waals surface area contributed by atoms with Crippen LogP contribution in [0.1, 0.15) is 23.0 Å². The molecule has 1 aromatic heterocycles. The molecule has 2 aromatic rings. The monoisotopic (exact) mass is 498 g/mol. The first kappa shape index (κ1) is 22.3. The minimum atomic E-state index is -2.94. The van der Waals surface area contributed by atoms with Gasteiger partial charge in [-0.25, -0.2) is 22.9 Å². The number of aliphatic imine (C=N–C) groups is 1. The quantitative estimate of drug-likeness (QED) is 0.656. The third kappa shape index (κ3) is 4.03. The Bertz CT molecular complexity index is 1160. The van der Waals surface area contributed by atoms with Crippen LogP contribution in [0.3, 0.4) is 0 Å². The highest BCUT2D eigenvalue weighted by atomic mass is 35.5. The number of amidine groups is 1. The molecule has 2 fully saturated rings. The average molecular weight is 499 g/mol. The molecule has 3 aliphatic heterocycles. The number of thiazole rings is 1. The van der Waals surface area contributed by atoms with Crippen LogP contribution in [0, 0.1) is 5.82 Å². The Balaban J connectivity index is 1.60. The summed E-state index contributed by atoms with van der Waals surface area (Å²) in [6, 6.07) is 0.853. The molecule has 7 nitrogen and oxygen atoms in total. The maximum absolute atomic E-state index is 14.5. The molecule has 4 heterocycles. The van der Waals surface area contributed by atoms with Crippen molar-refractivity contribution in [3.05, 3.63) is 62.5 Å². The van der Waals surface area contributed by atoms with Gasteiger partial charge in [-0.15, -0.1) is 11.3 Å². The van der Waals surface area contributed by atoms with Crippen LogP contribution in [0.4, 0.5) is 13.2 Å². The van der Waals surface area contributed by atoms with E-state index in [-0.39, 0.29) is 42.5 Å². The second-order valence-corrected chi connectivity index (χ2v) is 9.35. The number of carbonyl (C=O) groups is 1. The summed E-state index contributed by atoms with van der Waals surface area (Å²) in [5, 5.41) is 15.4. The van der Waals surface area contributed by atoms with Crippen LogP contribution in [0.5, 0.6) is 0 Å². The van der Waals surface area contributed by atoms with Crippen LogP contribution < -0.4 is 5.32 Å². The molecule has 174 valence electrons. The van der Waals surface area contributed by atoms with Crippen molar-refractivity contribution < 1.29 is 27.8 Å². The van der Waals surface area contributed by atoms with E-state index in [0.717, 1.165) is 6.07 Å². The van der Waals surface area contributed by atoms with Crippen LogP contribution >= 0.6 is 22.9 Å². The number of morpholine rings is 1. The molecule has 3 aliphatic rings. The fourth-order valence-corrected chi connectivity index (χ4v) is 5.40. The number of aromatic nitrogens is 1. The van der Waals surface area contributed by atoms with Gasteiger partial charge in [0.05, 0.1) is 24.8 Å². The molecule has 0 aliphatic carbocycles. The topological polar surface area (TPSA) is 87.0 Å². The molecule has 2 N–H and O–H groups in total. The molecule has 2 bridgehead atoms. The predicted octanol–water partition coefficient (Wildman–Crippen LogP) is 3.47. The van der Waals surface area contributed by atoms with Gasteiger partial charge in [0.15, 0.2) is 10.8 Å². The van der Waals surface area contributed by atoms with Crippen molar-refractivity contribution in [2.45, 2.75) is 30.5 Å². The van der Waals surface area contributed by atoms with Gasteiger partial charge in [0.2, 0.25) is 0 Å². The van der Waals surface area contributed by atoms with Crippen molar-refractivity contribution in [1.82, 2.24) is 15.2 Å². The highest BCUT2D eigenvalue weighted by Gasteiger charge is 2.56. The lowest BCUT2D eigenvalue weighted by molar-refractivity contribution is -0.133. The third-order valence-electron chi connectivity index (χ3n) is 6.04. The van der Waals surface area contributed by atoms with Gasteiger partial charge in [0.25, 0.3) is 5.92 Å². The number of halogens is 4. The Morgan fingerprint density at radius 1 is 1.39 bits per heavy atom. The van der Waals surface area contributed by atoms with Gasteiger partial charge in [-0.05, 0) is 12.1 Å². The van der Waals surface area contributed by atoms with Crippen LogP contribution in [0.25, 0.3) is 0 Å². The SMILES string of the molecule is O=C(O)C1=C(CN2C3COCC2C(F)(F)C3)NC(c2nccs2)=N[C@H]1c1ccc(F)cc1Cl. The summed E-state index contributed by atoms with van der Waals surface area (Å²) in [4.78, 5) is 22.7. The Kier molecular flexibility index (Phi) is 5.68. The maximum atomic E-state index is 14.5. The van der Waals surface area contributed by atoms with Crippen LogP contribution in [-0.2, 0) is 9.53 Å². The molecule has 0 amide bonds. The smallest absolute Gasteiger partial charge is 0.335 e. The van der Waals surface area contributed by atoms with Crippen molar-refractivity contribution in [3.63, 3.8) is 0 Å². The summed E-state index contributed by atoms with van der Waals surface area (Å²) < 4.78 is 48.1. The average Bonchev–Trinajstić information content (AvgIpc) is 3.32. The number of carboxylic acids is 1. The number of carboxylic acid groups (broad SMARTS) is 1. The number of ether oxygens (including phenoxy) is 1. The zero-order valence-corrected chi connectivity index (χ0v) is 18.5. The first-order valence-corrected chi connectivity index (χ1v) is 11.4. The van der Waals surface area contributed by atoms with Gasteiger partial charge in [-0.2, -0.15) is 0 Å². The summed E-state index contributed by atoms with van der Waals surface area (Å²) in [6.07, 6.45) is 1.22. The molecular weight excluding hydrogens is 481 g/mol. The van der Waals surface area contributed by atoms with E-state index in [0.29, 0.717) is 16.4 Å². The summed E-state index contributed by atoms with van der Waals surface area (Å²) in [6.45, 7) is -0.0716. The second-order valence-electron chi connectivity index (χ2n) is 8.05. The number of hydrogen-bond donors (Lipinski definition) is 2. The van der Waals surface area contributed by atoms with E-state index in [1.54, 1.807) is 16.5 Å². The number of alkyl halides is 2. The highest BCUT2D eigenvalue weighted by molar-refractivity contribution is 7.11. The molecular formula is C21H18ClF3N4O3S. The minimum absolute atomic E-state index is 0.0141. The lowest BCUT2D eigenvalue weighted by atomic mass is 9.95. The largest absolute Gasteiger partial charge is 0.478 e. The Morgan fingerprint density at radius 3 is 2.88 bits per heavy atom. The number of benzene rings is 1. The van der Waals surface area contributed by atoms with Gasteiger partial charge in [0, 0.05) is 46.9 Å². The van der Waals surface area contributed by atoms with Crippen LogP contribution in [0.15, 0.2) is 46.0 Å². The van der Waals surface area contributed by atoms with Crippen molar-refractivity contribution in [3.8, 4) is 0 Å². The van der Waals surface area contributed by atoms with Crippen molar-refractivity contribution in [2.24, 2.45) is 4.99 Å². The molecule has 3 atom stereocenters. The summed E-state index contributed by atoms with van der Waals surface area (Å²) >= 11 is 7.54. The van der Waals surface area contributed by atoms with E-state index in [2.05, 4.69) is 15.3 Å². The fourth-order valence-electron chi connectivity index (χ4n) is 4.54. The summed E-state index contributed by atoms with van der Waals surface area (Å²) in [5.74, 6) is -4.50. The van der Waals surface area contributed by atoms with Crippen LogP contribution in [-0.4, -0.2) is 64.6 Å². The van der Waals surface area contributed by atoms with E-state index in [1.165, 1.54) is 23.5 Å². The Labute approximate surface area is 195 Å². The van der Waals surface area contributed by atoms with Crippen molar-refractivity contribution in [2.75, 3.05) is 19.8 Å². The molecule has 0 spiro atoms. The molecule has 1 aromatic carbocycles. The van der Waals surface area contributed by atoms with E-state index >= 15 is 0 Å². The van der Waals surface area contributed by atoms with Crippen LogP contribution in [0.2, 0.25) is 5.02 Å². The highest BCUT2D eigenvalue weighted by Crippen LogP contribution is 2.42. The first-order chi connectivity index (χ1) is 15.7. The van der Waals surface area contributed by atoms with E-state index in [9.17, 15) is 23.1 Å². The molecule has 2 unspecified atom stereocenters. The summed E-state index contributed by atoms with van der Waals surface area (Å²) in [5.41, 5.74) is 0.361. The number of nitrogens with zero attached hydrogens (tertiary/aromatic N) is 3.